The fourth-order valence-electron chi connectivity index (χ4n) is 4.75. The van der Waals surface area contributed by atoms with Gasteiger partial charge in [-0.1, -0.05) is 34.1 Å². The van der Waals surface area contributed by atoms with Crippen molar-refractivity contribution >= 4 is 5.91 Å². The van der Waals surface area contributed by atoms with Crippen LogP contribution in [0.2, 0.25) is 0 Å². The quantitative estimate of drug-likeness (QED) is 0.521. The summed E-state index contributed by atoms with van der Waals surface area (Å²) < 4.78 is 46.1. The molecular formula is C25H39F3N2O2. The highest BCUT2D eigenvalue weighted by Gasteiger charge is 2.33. The third kappa shape index (κ3) is 6.87. The first kappa shape index (κ1) is 26.5. The molecule has 4 nitrogen and oxygen atoms in total. The van der Waals surface area contributed by atoms with Crippen molar-refractivity contribution in [2.24, 2.45) is 5.92 Å². The average molecular weight is 457 g/mol. The van der Waals surface area contributed by atoms with Gasteiger partial charge in [-0.25, -0.2) is 13.2 Å². The number of amides is 1. The average Bonchev–Trinajstić information content (AvgIpc) is 2.81. The first-order valence-corrected chi connectivity index (χ1v) is 12.3. The van der Waals surface area contributed by atoms with Crippen LogP contribution < -0.4 is 4.74 Å². The molecule has 0 spiro atoms. The summed E-state index contributed by atoms with van der Waals surface area (Å²) in [6.45, 7) is 11.4. The summed E-state index contributed by atoms with van der Waals surface area (Å²) >= 11 is 0. The molecular weight excluding hydrogens is 417 g/mol. The Labute approximate surface area is 191 Å². The number of ether oxygens (including phenoxy) is 1. The van der Waals surface area contributed by atoms with Crippen LogP contribution >= 0.6 is 0 Å². The zero-order valence-electron chi connectivity index (χ0n) is 20.0. The fraction of sp³-hybridized carbons (Fsp3) is 0.720. The van der Waals surface area contributed by atoms with E-state index in [9.17, 15) is 18.0 Å². The first-order chi connectivity index (χ1) is 15.4. The van der Waals surface area contributed by atoms with E-state index in [0.717, 1.165) is 32.4 Å². The van der Waals surface area contributed by atoms with Gasteiger partial charge in [0.1, 0.15) is 11.9 Å². The highest BCUT2D eigenvalue weighted by Crippen LogP contribution is 2.28. The van der Waals surface area contributed by atoms with Crippen LogP contribution in [0.3, 0.4) is 0 Å². The smallest absolute Gasteiger partial charge is 0.225 e. The number of carbonyl (C=O) groups excluding carboxylic acids is 1. The minimum absolute atomic E-state index is 0.0600. The van der Waals surface area contributed by atoms with E-state index in [1.54, 1.807) is 0 Å². The molecule has 2 aliphatic rings. The van der Waals surface area contributed by atoms with Gasteiger partial charge in [0.05, 0.1) is 0 Å². The number of piperidine rings is 2. The van der Waals surface area contributed by atoms with E-state index in [4.69, 9.17) is 4.74 Å². The van der Waals surface area contributed by atoms with Crippen molar-refractivity contribution in [3.05, 3.63) is 29.6 Å². The standard InChI is InChI=1S/C23H33F3N2O2.C2H6/c1-3-5-18(4-2)27-10-6-16(7-11-27)23(29)28-12-8-19(9-13-28)30-22-20(25)14-17(24)15-21(22)26;1-2/h14-16,18-19H,3-13H2,1-2H3;1-2H3. The molecule has 0 aromatic heterocycles. The van der Waals surface area contributed by atoms with E-state index < -0.39 is 23.2 Å². The Morgan fingerprint density at radius 2 is 1.56 bits per heavy atom. The minimum atomic E-state index is -1.04. The summed E-state index contributed by atoms with van der Waals surface area (Å²) in [4.78, 5) is 17.3. The van der Waals surface area contributed by atoms with Crippen LogP contribution in [-0.2, 0) is 4.79 Å². The molecule has 32 heavy (non-hydrogen) atoms. The molecule has 7 heteroatoms. The number of hydrogen-bond donors (Lipinski definition) is 0. The number of nitrogens with zero attached hydrogens (tertiary/aromatic N) is 2. The Morgan fingerprint density at radius 1 is 1.00 bits per heavy atom. The van der Waals surface area contributed by atoms with Crippen LogP contribution in [0.5, 0.6) is 5.75 Å². The lowest BCUT2D eigenvalue weighted by atomic mass is 9.92. The summed E-state index contributed by atoms with van der Waals surface area (Å²) in [5.41, 5.74) is 0. The van der Waals surface area contributed by atoms with Gasteiger partial charge in [-0.15, -0.1) is 0 Å². The van der Waals surface area contributed by atoms with Crippen LogP contribution in [0.15, 0.2) is 12.1 Å². The van der Waals surface area contributed by atoms with Crippen molar-refractivity contribution in [2.45, 2.75) is 84.8 Å². The van der Waals surface area contributed by atoms with Crippen LogP contribution in [-0.4, -0.2) is 54.0 Å². The second-order valence-electron chi connectivity index (χ2n) is 8.50. The molecule has 0 N–H and O–H groups in total. The van der Waals surface area contributed by atoms with Crippen molar-refractivity contribution in [1.29, 1.82) is 0 Å². The molecule has 1 unspecified atom stereocenters. The molecule has 0 radical (unpaired) electrons. The van der Waals surface area contributed by atoms with Gasteiger partial charge in [0.25, 0.3) is 0 Å². The second-order valence-corrected chi connectivity index (χ2v) is 8.50. The molecule has 1 aromatic carbocycles. The normalized spacial score (nSPS) is 19.3. The summed E-state index contributed by atoms with van der Waals surface area (Å²) in [7, 11) is 0. The molecule has 182 valence electrons. The van der Waals surface area contributed by atoms with Gasteiger partial charge in [0.15, 0.2) is 17.4 Å². The summed E-state index contributed by atoms with van der Waals surface area (Å²) in [5, 5.41) is 0. The fourth-order valence-corrected chi connectivity index (χ4v) is 4.75. The summed E-state index contributed by atoms with van der Waals surface area (Å²) in [5.74, 6) is -3.33. The van der Waals surface area contributed by atoms with Crippen molar-refractivity contribution in [1.82, 2.24) is 9.80 Å². The lowest BCUT2D eigenvalue weighted by molar-refractivity contribution is -0.139. The molecule has 0 bridgehead atoms. The van der Waals surface area contributed by atoms with E-state index >= 15 is 0 Å². The molecule has 1 atom stereocenters. The third-order valence-electron chi connectivity index (χ3n) is 6.49. The molecule has 2 saturated heterocycles. The molecule has 0 aliphatic carbocycles. The number of halogens is 3. The van der Waals surface area contributed by atoms with Gasteiger partial charge in [0.2, 0.25) is 5.91 Å². The van der Waals surface area contributed by atoms with Gasteiger partial charge in [-0.3, -0.25) is 4.79 Å². The van der Waals surface area contributed by atoms with E-state index in [1.807, 2.05) is 18.7 Å². The predicted molar refractivity (Wildman–Crippen MR) is 121 cm³/mol. The van der Waals surface area contributed by atoms with E-state index in [2.05, 4.69) is 18.7 Å². The third-order valence-corrected chi connectivity index (χ3v) is 6.49. The number of benzene rings is 1. The molecule has 2 heterocycles. The van der Waals surface area contributed by atoms with Gasteiger partial charge in [-0.05, 0) is 38.8 Å². The molecule has 2 aliphatic heterocycles. The maximum absolute atomic E-state index is 13.8. The first-order valence-electron chi connectivity index (χ1n) is 12.3. The van der Waals surface area contributed by atoms with Crippen molar-refractivity contribution < 1.29 is 22.7 Å². The Hall–Kier alpha value is -1.76. The maximum Gasteiger partial charge on any atom is 0.225 e. The second kappa shape index (κ2) is 13.1. The summed E-state index contributed by atoms with van der Waals surface area (Å²) in [6, 6.07) is 1.85. The van der Waals surface area contributed by atoms with Gasteiger partial charge in [-0.2, -0.15) is 0 Å². The molecule has 1 amide bonds. The Bertz CT molecular complexity index is 692. The molecule has 1 aromatic rings. The SMILES string of the molecule is CC.CCCC(CC)N1CCC(C(=O)N2CCC(Oc3c(F)cc(F)cc3F)CC2)CC1. The largest absolute Gasteiger partial charge is 0.484 e. The highest BCUT2D eigenvalue weighted by atomic mass is 19.1. The Balaban J connectivity index is 0.00000176. The van der Waals surface area contributed by atoms with Gasteiger partial charge in [0, 0.05) is 50.0 Å². The maximum atomic E-state index is 13.8. The Morgan fingerprint density at radius 3 is 2.06 bits per heavy atom. The molecule has 2 fully saturated rings. The number of carbonyl (C=O) groups is 1. The van der Waals surface area contributed by atoms with Gasteiger partial charge >= 0.3 is 0 Å². The minimum Gasteiger partial charge on any atom is -0.484 e. The topological polar surface area (TPSA) is 32.8 Å². The highest BCUT2D eigenvalue weighted by molar-refractivity contribution is 5.79. The molecule has 3 rings (SSSR count). The van der Waals surface area contributed by atoms with Crippen molar-refractivity contribution in [2.75, 3.05) is 26.2 Å². The van der Waals surface area contributed by atoms with Crippen LogP contribution in [0, 0.1) is 23.4 Å². The lowest BCUT2D eigenvalue weighted by Crippen LogP contribution is -2.48. The monoisotopic (exact) mass is 456 g/mol. The Kier molecular flexibility index (Phi) is 10.8. The number of hydrogen-bond acceptors (Lipinski definition) is 3. The van der Waals surface area contributed by atoms with Crippen LogP contribution in [0.4, 0.5) is 13.2 Å². The zero-order chi connectivity index (χ0) is 23.7. The molecule has 0 saturated carbocycles. The summed E-state index contributed by atoms with van der Waals surface area (Å²) in [6.07, 6.45) is 5.95. The van der Waals surface area contributed by atoms with Crippen molar-refractivity contribution in [3.63, 3.8) is 0 Å². The van der Waals surface area contributed by atoms with Gasteiger partial charge < -0.3 is 14.5 Å². The van der Waals surface area contributed by atoms with E-state index in [1.165, 1.54) is 12.8 Å². The number of rotatable bonds is 7. The lowest BCUT2D eigenvalue weighted by Gasteiger charge is -2.39. The van der Waals surface area contributed by atoms with E-state index in [0.29, 0.717) is 44.1 Å². The number of likely N-dealkylation sites (tertiary alicyclic amines) is 2. The zero-order valence-corrected chi connectivity index (χ0v) is 20.0. The van der Waals surface area contributed by atoms with Crippen LogP contribution in [0.1, 0.15) is 72.6 Å². The van der Waals surface area contributed by atoms with E-state index in [-0.39, 0.29) is 17.9 Å². The predicted octanol–water partition coefficient (Wildman–Crippen LogP) is 5.79. The van der Waals surface area contributed by atoms with Crippen molar-refractivity contribution in [3.8, 4) is 5.75 Å². The van der Waals surface area contributed by atoms with Crippen LogP contribution in [0.25, 0.3) is 0 Å².